The summed E-state index contributed by atoms with van der Waals surface area (Å²) >= 11 is 0. The zero-order valence-corrected chi connectivity index (χ0v) is 41.2. The molecule has 0 saturated heterocycles. The van der Waals surface area contributed by atoms with Gasteiger partial charge in [-0.15, -0.1) is 0 Å². The monoisotopic (exact) mass is 883 g/mol. The second kappa shape index (κ2) is 33.3. The molecule has 0 radical (unpaired) electrons. The third-order valence-corrected chi connectivity index (χ3v) is 23.1. The van der Waals surface area contributed by atoms with Crippen LogP contribution < -0.4 is 0 Å². The van der Waals surface area contributed by atoms with Crippen LogP contribution in [0.5, 0.6) is 0 Å². The quantitative estimate of drug-likeness (QED) is 0.0423. The zero-order chi connectivity index (χ0) is 43.8. The minimum atomic E-state index is -4.31. The molecule has 2 aromatic carbocycles. The summed E-state index contributed by atoms with van der Waals surface area (Å²) < 4.78 is 62.7. The molecule has 0 spiro atoms. The first-order chi connectivity index (χ1) is 27.6. The average Bonchev–Trinajstić information content (AvgIpc) is 3.22. The first kappa shape index (κ1) is 56.6. The van der Waals surface area contributed by atoms with Crippen LogP contribution in [0.3, 0.4) is 0 Å². The third kappa shape index (κ3) is 26.0. The molecule has 2 rings (SSSR count). The normalized spacial score (nSPS) is 11.9. The Morgan fingerprint density at radius 3 is 0.793 bits per heavy atom. The second-order valence-electron chi connectivity index (χ2n) is 16.2. The van der Waals surface area contributed by atoms with Gasteiger partial charge in [-0.3, -0.25) is 0 Å². The lowest BCUT2D eigenvalue weighted by atomic mass is 10.1. The molecule has 0 aliphatic rings. The van der Waals surface area contributed by atoms with Gasteiger partial charge in [-0.25, -0.2) is 16.8 Å². The lowest BCUT2D eigenvalue weighted by Gasteiger charge is -2.28. The fourth-order valence-electron chi connectivity index (χ4n) is 7.45. The van der Waals surface area contributed by atoms with Gasteiger partial charge in [0.25, 0.3) is 0 Å². The molecular weight excluding hydrogens is 799 g/mol. The van der Waals surface area contributed by atoms with Gasteiger partial charge in [0.2, 0.25) is 0 Å². The maximum atomic E-state index is 10.5. The van der Waals surface area contributed by atoms with Crippen LogP contribution in [0, 0.1) is 0 Å². The summed E-state index contributed by atoms with van der Waals surface area (Å²) in [5.41, 5.74) is 1.56. The Labute approximate surface area is 360 Å². The Balaban J connectivity index is 0.00000108. The highest BCUT2D eigenvalue weighted by molar-refractivity contribution is 7.86. The van der Waals surface area contributed by atoms with E-state index >= 15 is 0 Å². The molecule has 0 amide bonds. The van der Waals surface area contributed by atoms with Gasteiger partial charge in [-0.2, -0.15) is 0 Å². The fourth-order valence-corrected chi connectivity index (χ4v) is 18.8. The Bertz CT molecular complexity index is 1380. The van der Waals surface area contributed by atoms with E-state index in [0.29, 0.717) is 0 Å². The van der Waals surface area contributed by atoms with Crippen molar-refractivity contribution in [1.29, 1.82) is 0 Å². The van der Waals surface area contributed by atoms with Gasteiger partial charge in [0, 0.05) is 14.5 Å². The molecule has 0 fully saturated rings. The Kier molecular flexibility index (Phi) is 32.5. The summed E-state index contributed by atoms with van der Waals surface area (Å²) in [6, 6.07) is 11.2. The highest BCUT2D eigenvalue weighted by atomic mass is 32.2. The van der Waals surface area contributed by atoms with Crippen molar-refractivity contribution in [3.8, 4) is 0 Å². The van der Waals surface area contributed by atoms with Gasteiger partial charge in [-0.1, -0.05) is 142 Å². The molecule has 10 heteroatoms. The first-order valence-electron chi connectivity index (χ1n) is 22.7. The van der Waals surface area contributed by atoms with Crippen LogP contribution in [-0.4, -0.2) is 75.2 Å². The van der Waals surface area contributed by atoms with Crippen LogP contribution in [0.2, 0.25) is 0 Å². The van der Waals surface area contributed by atoms with E-state index in [1.54, 1.807) is 74.3 Å². The van der Waals surface area contributed by atoms with E-state index in [4.69, 9.17) is 0 Å². The summed E-state index contributed by atoms with van der Waals surface area (Å²) in [6.07, 6.45) is 42.7. The Hall–Kier alpha value is -1.40. The van der Waals surface area contributed by atoms with Gasteiger partial charge in [0.05, 0.1) is 59.1 Å². The molecule has 6 nitrogen and oxygen atoms in total. The molecule has 58 heavy (non-hydrogen) atoms. The maximum absolute atomic E-state index is 10.5. The number of unbranched alkanes of at least 4 members (excludes halogenated alkanes) is 11. The summed E-state index contributed by atoms with van der Waals surface area (Å²) in [5, 5.41) is 0. The van der Waals surface area contributed by atoms with E-state index in [1.807, 2.05) is 0 Å². The van der Waals surface area contributed by atoms with E-state index in [0.717, 1.165) is 11.1 Å². The van der Waals surface area contributed by atoms with Crippen molar-refractivity contribution in [2.75, 3.05) is 49.3 Å². The second-order valence-corrected chi connectivity index (χ2v) is 27.9. The zero-order valence-electron chi connectivity index (χ0n) is 37.7. The molecule has 0 heterocycles. The topological polar surface area (TPSA) is 114 Å². The predicted octanol–water partition coefficient (Wildman–Crippen LogP) is 14.6. The SMILES string of the molecule is C=Cc1ccc(S(=O)(=O)[O-])cc1.C=Cc1ccc(S(=O)(=O)[O-])cc1.CCCC[P+](CCCC)(CCCC)CCCCCCCC[P+](CCCC)(CCCC)CCCC. The van der Waals surface area contributed by atoms with E-state index in [9.17, 15) is 25.9 Å². The van der Waals surface area contributed by atoms with Gasteiger partial charge in [0.15, 0.2) is 0 Å². The van der Waals surface area contributed by atoms with Crippen molar-refractivity contribution in [2.45, 2.75) is 167 Å². The van der Waals surface area contributed by atoms with Crippen molar-refractivity contribution < 1.29 is 25.9 Å². The molecule has 334 valence electrons. The number of hydrogen-bond acceptors (Lipinski definition) is 6. The van der Waals surface area contributed by atoms with Gasteiger partial charge in [-0.05, 0) is 99.6 Å². The Morgan fingerprint density at radius 2 is 0.603 bits per heavy atom. The lowest BCUT2D eigenvalue weighted by Crippen LogP contribution is -2.13. The summed E-state index contributed by atoms with van der Waals surface area (Å²) in [5.74, 6) is 0. The van der Waals surface area contributed by atoms with Gasteiger partial charge in [0.1, 0.15) is 20.2 Å². The Morgan fingerprint density at radius 1 is 0.397 bits per heavy atom. The molecule has 0 atom stereocenters. The van der Waals surface area contributed by atoms with Gasteiger partial charge < -0.3 is 9.11 Å². The van der Waals surface area contributed by atoms with E-state index < -0.39 is 34.8 Å². The molecule has 2 aromatic rings. The van der Waals surface area contributed by atoms with Crippen molar-refractivity contribution in [3.63, 3.8) is 0 Å². The molecular formula is C48H84O6P2S2. The average molecular weight is 883 g/mol. The summed E-state index contributed by atoms with van der Waals surface area (Å²) in [7, 11) is -9.94. The number of hydrogen-bond donors (Lipinski definition) is 0. The van der Waals surface area contributed by atoms with Crippen LogP contribution in [0.1, 0.15) is 168 Å². The van der Waals surface area contributed by atoms with Crippen molar-refractivity contribution in [1.82, 2.24) is 0 Å². The van der Waals surface area contributed by atoms with Crippen molar-refractivity contribution in [2.24, 2.45) is 0 Å². The minimum Gasteiger partial charge on any atom is -0.744 e. The first-order valence-corrected chi connectivity index (χ1v) is 30.6. The highest BCUT2D eigenvalue weighted by Crippen LogP contribution is 2.62. The smallest absolute Gasteiger partial charge is 0.124 e. The third-order valence-electron chi connectivity index (χ3n) is 11.2. The molecule has 0 saturated carbocycles. The van der Waals surface area contributed by atoms with Crippen LogP contribution >= 0.6 is 14.5 Å². The maximum Gasteiger partial charge on any atom is 0.124 e. The van der Waals surface area contributed by atoms with Crippen molar-refractivity contribution >= 4 is 46.9 Å². The standard InChI is InChI=1S/C32H70P2.2C8H8O3S/c1-7-13-25-33(26-14-8-2,27-15-9-3)31-23-21-19-20-22-24-32-34(28-16-10-4,29-17-11-5)30-18-12-6;2*1-2-7-3-5-8(6-4-7)12(9,10)11/h7-32H2,1-6H3;2*2-6H,1H2,(H,9,10,11)/q+2;;/p-2. The lowest BCUT2D eigenvalue weighted by molar-refractivity contribution is 0.461. The van der Waals surface area contributed by atoms with Crippen LogP contribution in [0.25, 0.3) is 12.2 Å². The van der Waals surface area contributed by atoms with Crippen molar-refractivity contribution in [3.05, 3.63) is 72.8 Å². The van der Waals surface area contributed by atoms with E-state index in [2.05, 4.69) is 54.7 Å². The van der Waals surface area contributed by atoms with E-state index in [-0.39, 0.29) is 9.79 Å². The van der Waals surface area contributed by atoms with E-state index in [1.165, 1.54) is 151 Å². The van der Waals surface area contributed by atoms with Gasteiger partial charge >= 0.3 is 0 Å². The fraction of sp³-hybridized carbons (Fsp3) is 0.667. The predicted molar refractivity (Wildman–Crippen MR) is 259 cm³/mol. The molecule has 0 N–H and O–H groups in total. The molecule has 0 aliphatic carbocycles. The largest absolute Gasteiger partial charge is 0.744 e. The minimum absolute atomic E-state index is 0.215. The highest BCUT2D eigenvalue weighted by Gasteiger charge is 2.35. The van der Waals surface area contributed by atoms with Crippen LogP contribution in [-0.2, 0) is 20.2 Å². The summed E-state index contributed by atoms with van der Waals surface area (Å²) in [4.78, 5) is -0.429. The summed E-state index contributed by atoms with van der Waals surface area (Å²) in [6.45, 7) is 21.4. The number of rotatable bonds is 31. The molecule has 0 aliphatic heterocycles. The van der Waals surface area contributed by atoms with Crippen LogP contribution in [0.15, 0.2) is 71.5 Å². The molecule has 0 aromatic heterocycles. The molecule has 0 unspecified atom stereocenters. The number of benzene rings is 2. The molecule has 0 bridgehead atoms. The van der Waals surface area contributed by atoms with Crippen LogP contribution in [0.4, 0.5) is 0 Å².